The van der Waals surface area contributed by atoms with Gasteiger partial charge in [-0.15, -0.1) is 0 Å². The van der Waals surface area contributed by atoms with E-state index in [9.17, 15) is 23.1 Å². The second-order valence-electron chi connectivity index (χ2n) is 6.88. The van der Waals surface area contributed by atoms with Crippen molar-refractivity contribution in [3.63, 3.8) is 0 Å². The van der Waals surface area contributed by atoms with Crippen molar-refractivity contribution in [3.8, 4) is 0 Å². The molecule has 24 heavy (non-hydrogen) atoms. The topological polar surface area (TPSA) is 40.5 Å². The van der Waals surface area contributed by atoms with Crippen molar-refractivity contribution in [2.75, 3.05) is 13.1 Å². The molecule has 2 rings (SSSR count). The van der Waals surface area contributed by atoms with E-state index in [2.05, 4.69) is 0 Å². The van der Waals surface area contributed by atoms with Crippen molar-refractivity contribution in [2.24, 2.45) is 5.92 Å². The number of hydrogen-bond acceptors (Lipinski definition) is 2. The second-order valence-corrected chi connectivity index (χ2v) is 6.88. The lowest BCUT2D eigenvalue weighted by Gasteiger charge is -2.39. The molecule has 0 bridgehead atoms. The summed E-state index contributed by atoms with van der Waals surface area (Å²) < 4.78 is 38.5. The molecule has 1 aliphatic heterocycles. The summed E-state index contributed by atoms with van der Waals surface area (Å²) in [5.74, 6) is 0.122. The van der Waals surface area contributed by atoms with Gasteiger partial charge in [0.2, 0.25) is 5.91 Å². The first kappa shape index (κ1) is 18.8. The third kappa shape index (κ3) is 4.09. The summed E-state index contributed by atoms with van der Waals surface area (Å²) in [6.07, 6.45) is -5.29. The average Bonchev–Trinajstić information content (AvgIpc) is 2.52. The van der Waals surface area contributed by atoms with Gasteiger partial charge >= 0.3 is 6.18 Å². The molecule has 0 aromatic heterocycles. The summed E-state index contributed by atoms with van der Waals surface area (Å²) in [6.45, 7) is 3.94. The van der Waals surface area contributed by atoms with Gasteiger partial charge in [-0.3, -0.25) is 4.79 Å². The van der Waals surface area contributed by atoms with Crippen molar-refractivity contribution in [1.82, 2.24) is 4.90 Å². The van der Waals surface area contributed by atoms with Gasteiger partial charge in [-0.25, -0.2) is 0 Å². The van der Waals surface area contributed by atoms with Gasteiger partial charge in [-0.1, -0.05) is 44.2 Å². The highest BCUT2D eigenvalue weighted by molar-refractivity contribution is 5.77. The molecule has 1 aromatic carbocycles. The van der Waals surface area contributed by atoms with E-state index in [1.54, 1.807) is 0 Å². The summed E-state index contributed by atoms with van der Waals surface area (Å²) in [5.41, 5.74) is -1.61. The predicted molar refractivity (Wildman–Crippen MR) is 85.5 cm³/mol. The molecule has 3 nitrogen and oxygen atoms in total. The van der Waals surface area contributed by atoms with E-state index in [4.69, 9.17) is 0 Å². The molecule has 0 radical (unpaired) electrons. The lowest BCUT2D eigenvalue weighted by atomic mass is 9.84. The van der Waals surface area contributed by atoms with Crippen LogP contribution in [0.25, 0.3) is 0 Å². The van der Waals surface area contributed by atoms with Crippen molar-refractivity contribution < 1.29 is 23.1 Å². The maximum Gasteiger partial charge on any atom is 0.417 e. The zero-order valence-electron chi connectivity index (χ0n) is 14.0. The highest BCUT2D eigenvalue weighted by Gasteiger charge is 2.54. The van der Waals surface area contributed by atoms with Gasteiger partial charge in [-0.2, -0.15) is 13.2 Å². The highest BCUT2D eigenvalue weighted by atomic mass is 19.4. The Hall–Kier alpha value is -1.56. The minimum absolute atomic E-state index is 0.0297. The molecule has 1 fully saturated rings. The Kier molecular flexibility index (Phi) is 5.58. The monoisotopic (exact) mass is 343 g/mol. The Bertz CT molecular complexity index is 549. The molecule has 1 heterocycles. The van der Waals surface area contributed by atoms with Crippen LogP contribution in [0.2, 0.25) is 0 Å². The van der Waals surface area contributed by atoms with E-state index in [1.165, 1.54) is 4.90 Å². The second kappa shape index (κ2) is 7.13. The molecule has 1 aromatic rings. The van der Waals surface area contributed by atoms with E-state index in [1.807, 2.05) is 44.2 Å². The summed E-state index contributed by atoms with van der Waals surface area (Å²) in [4.78, 5) is 14.0. The largest absolute Gasteiger partial charge is 0.417 e. The number of piperidine rings is 1. The number of alkyl halides is 3. The molecule has 0 spiro atoms. The zero-order valence-corrected chi connectivity index (χ0v) is 14.0. The molecule has 134 valence electrons. The number of hydrogen-bond donors (Lipinski definition) is 1. The SMILES string of the molecule is CC(C)C(CC(=O)N1CCC(O)(C(F)(F)F)CC1)c1ccccc1. The van der Waals surface area contributed by atoms with E-state index in [0.29, 0.717) is 0 Å². The maximum atomic E-state index is 12.8. The number of halogens is 3. The lowest BCUT2D eigenvalue weighted by molar-refractivity contribution is -0.272. The Balaban J connectivity index is 2.00. The van der Waals surface area contributed by atoms with Gasteiger partial charge in [0.05, 0.1) is 0 Å². The van der Waals surface area contributed by atoms with Gasteiger partial charge in [0.1, 0.15) is 0 Å². The van der Waals surface area contributed by atoms with Crippen LogP contribution in [0, 0.1) is 5.92 Å². The van der Waals surface area contributed by atoms with Crippen LogP contribution < -0.4 is 0 Å². The molecule has 1 aliphatic rings. The molecular formula is C18H24F3NO2. The van der Waals surface area contributed by atoms with Crippen LogP contribution in [0.15, 0.2) is 30.3 Å². The lowest BCUT2D eigenvalue weighted by Crippen LogP contribution is -2.54. The summed E-state index contributed by atoms with van der Waals surface area (Å²) in [5, 5.41) is 9.69. The zero-order chi connectivity index (χ0) is 18.0. The van der Waals surface area contributed by atoms with Gasteiger partial charge < -0.3 is 10.0 Å². The minimum atomic E-state index is -4.65. The Morgan fingerprint density at radius 3 is 2.21 bits per heavy atom. The first-order valence-electron chi connectivity index (χ1n) is 8.26. The van der Waals surface area contributed by atoms with E-state index < -0.39 is 24.6 Å². The maximum absolute atomic E-state index is 12.8. The predicted octanol–water partition coefficient (Wildman–Crippen LogP) is 3.73. The Labute approximate surface area is 140 Å². The standard InChI is InChI=1S/C18H24F3NO2/c1-13(2)15(14-6-4-3-5-7-14)12-16(23)22-10-8-17(24,9-11-22)18(19,20)21/h3-7,13,15,24H,8-12H2,1-2H3. The molecule has 1 N–H and O–H groups in total. The van der Waals surface area contributed by atoms with Crippen LogP contribution in [0.4, 0.5) is 13.2 Å². The van der Waals surface area contributed by atoms with Crippen LogP contribution in [0.1, 0.15) is 44.6 Å². The van der Waals surface area contributed by atoms with Gasteiger partial charge in [0.15, 0.2) is 5.60 Å². The summed E-state index contributed by atoms with van der Waals surface area (Å²) in [7, 11) is 0. The number of nitrogens with zero attached hydrogens (tertiary/aromatic N) is 1. The number of benzene rings is 1. The molecule has 0 saturated carbocycles. The summed E-state index contributed by atoms with van der Waals surface area (Å²) in [6, 6.07) is 9.68. The molecule has 1 atom stereocenters. The molecule has 0 aliphatic carbocycles. The van der Waals surface area contributed by atoms with E-state index in [0.717, 1.165) is 5.56 Å². The first-order valence-corrected chi connectivity index (χ1v) is 8.26. The van der Waals surface area contributed by atoms with Crippen molar-refractivity contribution in [3.05, 3.63) is 35.9 Å². The Morgan fingerprint density at radius 2 is 1.75 bits per heavy atom. The number of carbonyl (C=O) groups excluding carboxylic acids is 1. The van der Waals surface area contributed by atoms with Gasteiger partial charge in [-0.05, 0) is 17.4 Å². The first-order chi connectivity index (χ1) is 11.1. The summed E-state index contributed by atoms with van der Waals surface area (Å²) >= 11 is 0. The van der Waals surface area contributed by atoms with Gasteiger partial charge in [0, 0.05) is 32.4 Å². The van der Waals surface area contributed by atoms with E-state index >= 15 is 0 Å². The van der Waals surface area contributed by atoms with Crippen molar-refractivity contribution in [2.45, 2.75) is 50.8 Å². The molecular weight excluding hydrogens is 319 g/mol. The van der Waals surface area contributed by atoms with Crippen LogP contribution in [-0.2, 0) is 4.79 Å². The van der Waals surface area contributed by atoms with E-state index in [-0.39, 0.29) is 37.3 Å². The van der Waals surface area contributed by atoms with Crippen LogP contribution >= 0.6 is 0 Å². The average molecular weight is 343 g/mol. The minimum Gasteiger partial charge on any atom is -0.380 e. The number of rotatable bonds is 4. The third-order valence-corrected chi connectivity index (χ3v) is 4.90. The fraction of sp³-hybridized carbons (Fsp3) is 0.611. The van der Waals surface area contributed by atoms with Crippen LogP contribution in [0.5, 0.6) is 0 Å². The number of likely N-dealkylation sites (tertiary alicyclic amines) is 1. The molecule has 6 heteroatoms. The number of amides is 1. The van der Waals surface area contributed by atoms with Crippen molar-refractivity contribution >= 4 is 5.91 Å². The van der Waals surface area contributed by atoms with Crippen LogP contribution in [0.3, 0.4) is 0 Å². The number of aliphatic hydroxyl groups is 1. The quantitative estimate of drug-likeness (QED) is 0.905. The highest BCUT2D eigenvalue weighted by Crippen LogP contribution is 2.38. The normalized spacial score (nSPS) is 19.4. The molecule has 1 amide bonds. The van der Waals surface area contributed by atoms with Gasteiger partial charge in [0.25, 0.3) is 0 Å². The number of carbonyl (C=O) groups is 1. The fourth-order valence-electron chi connectivity index (χ4n) is 3.17. The van der Waals surface area contributed by atoms with Crippen molar-refractivity contribution in [1.29, 1.82) is 0 Å². The smallest absolute Gasteiger partial charge is 0.380 e. The third-order valence-electron chi connectivity index (χ3n) is 4.90. The molecule has 1 saturated heterocycles. The van der Waals surface area contributed by atoms with Crippen LogP contribution in [-0.4, -0.2) is 40.8 Å². The molecule has 1 unspecified atom stereocenters. The Morgan fingerprint density at radius 1 is 1.21 bits per heavy atom. The fourth-order valence-corrected chi connectivity index (χ4v) is 3.17.